The number of ether oxygens (including phenoxy) is 1. The fourth-order valence-corrected chi connectivity index (χ4v) is 2.82. The van der Waals surface area contributed by atoms with Crippen molar-refractivity contribution >= 4 is 0 Å². The van der Waals surface area contributed by atoms with Crippen LogP contribution in [0.4, 0.5) is 0 Å². The lowest BCUT2D eigenvalue weighted by Crippen LogP contribution is -2.38. The monoisotopic (exact) mass is 261 g/mol. The van der Waals surface area contributed by atoms with E-state index < -0.39 is 0 Å². The van der Waals surface area contributed by atoms with E-state index in [1.807, 2.05) is 0 Å². The van der Waals surface area contributed by atoms with Crippen molar-refractivity contribution < 1.29 is 4.74 Å². The molecule has 1 aliphatic carbocycles. The Morgan fingerprint density at radius 1 is 1.26 bits per heavy atom. The maximum atomic E-state index is 6.24. The van der Waals surface area contributed by atoms with Gasteiger partial charge in [-0.3, -0.25) is 0 Å². The van der Waals surface area contributed by atoms with Gasteiger partial charge in [-0.1, -0.05) is 19.1 Å². The van der Waals surface area contributed by atoms with Gasteiger partial charge in [-0.15, -0.1) is 0 Å². The first-order chi connectivity index (χ1) is 9.20. The van der Waals surface area contributed by atoms with Gasteiger partial charge in [0.1, 0.15) is 11.9 Å². The molecule has 1 aromatic rings. The van der Waals surface area contributed by atoms with Gasteiger partial charge in [-0.2, -0.15) is 0 Å². The Balaban J connectivity index is 1.93. The summed E-state index contributed by atoms with van der Waals surface area (Å²) in [4.78, 5) is 0. The minimum Gasteiger partial charge on any atom is -0.490 e. The van der Waals surface area contributed by atoms with E-state index in [2.05, 4.69) is 44.3 Å². The average molecular weight is 261 g/mol. The molecule has 1 aliphatic rings. The van der Waals surface area contributed by atoms with Gasteiger partial charge in [0.2, 0.25) is 0 Å². The molecule has 1 N–H and O–H groups in total. The highest BCUT2D eigenvalue weighted by atomic mass is 16.5. The highest BCUT2D eigenvalue weighted by Gasteiger charge is 2.23. The Labute approximate surface area is 117 Å². The van der Waals surface area contributed by atoms with Gasteiger partial charge >= 0.3 is 0 Å². The molecule has 106 valence electrons. The molecular weight excluding hydrogens is 234 g/mol. The second-order valence-corrected chi connectivity index (χ2v) is 5.76. The molecule has 0 spiro atoms. The van der Waals surface area contributed by atoms with Gasteiger partial charge in [0.05, 0.1) is 0 Å². The molecule has 0 aromatic heterocycles. The predicted octanol–water partition coefficient (Wildman–Crippen LogP) is 3.99. The molecule has 0 radical (unpaired) electrons. The summed E-state index contributed by atoms with van der Waals surface area (Å²) in [6.07, 6.45) is 6.50. The summed E-state index contributed by atoms with van der Waals surface area (Å²) in [5, 5.41) is 3.63. The van der Waals surface area contributed by atoms with E-state index in [0.29, 0.717) is 12.1 Å². The summed E-state index contributed by atoms with van der Waals surface area (Å²) < 4.78 is 6.24. The second kappa shape index (κ2) is 6.95. The van der Waals surface area contributed by atoms with E-state index in [1.165, 1.54) is 36.8 Å². The van der Waals surface area contributed by atoms with Crippen LogP contribution < -0.4 is 10.1 Å². The Morgan fingerprint density at radius 2 is 2.11 bits per heavy atom. The molecular formula is C17H27NO. The Kier molecular flexibility index (Phi) is 5.26. The van der Waals surface area contributed by atoms with E-state index in [0.717, 1.165) is 18.7 Å². The van der Waals surface area contributed by atoms with Crippen molar-refractivity contribution in [2.75, 3.05) is 6.54 Å². The van der Waals surface area contributed by atoms with E-state index in [4.69, 9.17) is 4.74 Å². The lowest BCUT2D eigenvalue weighted by molar-refractivity contribution is 0.134. The first kappa shape index (κ1) is 14.4. The fraction of sp³-hybridized carbons (Fsp3) is 0.647. The quantitative estimate of drug-likeness (QED) is 0.865. The van der Waals surface area contributed by atoms with Gasteiger partial charge in [0, 0.05) is 6.04 Å². The number of rotatable bonds is 5. The zero-order valence-electron chi connectivity index (χ0n) is 12.5. The largest absolute Gasteiger partial charge is 0.490 e. The molecule has 0 amide bonds. The van der Waals surface area contributed by atoms with Crippen molar-refractivity contribution in [3.8, 4) is 5.75 Å². The van der Waals surface area contributed by atoms with E-state index in [-0.39, 0.29) is 0 Å². The molecule has 1 aromatic carbocycles. The van der Waals surface area contributed by atoms with Crippen LogP contribution >= 0.6 is 0 Å². The third-order valence-electron chi connectivity index (χ3n) is 4.16. The number of aryl methyl sites for hydroxylation is 1. The zero-order valence-corrected chi connectivity index (χ0v) is 12.5. The van der Waals surface area contributed by atoms with Crippen LogP contribution in [0.25, 0.3) is 0 Å². The SMILES string of the molecule is CCCNC1CCCC(Oc2cccc(C)c2C)C1. The van der Waals surface area contributed by atoms with Gasteiger partial charge < -0.3 is 10.1 Å². The number of hydrogen-bond acceptors (Lipinski definition) is 2. The van der Waals surface area contributed by atoms with Crippen molar-refractivity contribution in [1.29, 1.82) is 0 Å². The predicted molar refractivity (Wildman–Crippen MR) is 80.9 cm³/mol. The third kappa shape index (κ3) is 3.97. The van der Waals surface area contributed by atoms with Gasteiger partial charge in [-0.05, 0) is 69.7 Å². The van der Waals surface area contributed by atoms with Crippen LogP contribution in [0.15, 0.2) is 18.2 Å². The van der Waals surface area contributed by atoms with Crippen LogP contribution in [0.3, 0.4) is 0 Å². The molecule has 2 nitrogen and oxygen atoms in total. The molecule has 2 heteroatoms. The highest BCUT2D eigenvalue weighted by Crippen LogP contribution is 2.27. The summed E-state index contributed by atoms with van der Waals surface area (Å²) in [5.74, 6) is 1.07. The number of benzene rings is 1. The van der Waals surface area contributed by atoms with Crippen LogP contribution in [0.1, 0.15) is 50.2 Å². The lowest BCUT2D eigenvalue weighted by atomic mass is 9.92. The summed E-state index contributed by atoms with van der Waals surface area (Å²) >= 11 is 0. The molecule has 0 saturated heterocycles. The standard InChI is InChI=1S/C17H27NO/c1-4-11-18-15-8-6-9-16(12-15)19-17-10-5-7-13(2)14(17)3/h5,7,10,15-16,18H,4,6,8-9,11-12H2,1-3H3. The van der Waals surface area contributed by atoms with E-state index in [1.54, 1.807) is 0 Å². The maximum absolute atomic E-state index is 6.24. The zero-order chi connectivity index (χ0) is 13.7. The number of hydrogen-bond donors (Lipinski definition) is 1. The molecule has 0 bridgehead atoms. The van der Waals surface area contributed by atoms with Crippen molar-refractivity contribution in [3.63, 3.8) is 0 Å². The van der Waals surface area contributed by atoms with Crippen molar-refractivity contribution in [1.82, 2.24) is 5.32 Å². The Bertz CT molecular complexity index is 402. The van der Waals surface area contributed by atoms with Crippen LogP contribution in [0.2, 0.25) is 0 Å². The third-order valence-corrected chi connectivity index (χ3v) is 4.16. The average Bonchev–Trinajstić information content (AvgIpc) is 2.42. The van der Waals surface area contributed by atoms with Crippen LogP contribution in [-0.2, 0) is 0 Å². The molecule has 2 rings (SSSR count). The first-order valence-electron chi connectivity index (χ1n) is 7.67. The molecule has 19 heavy (non-hydrogen) atoms. The normalized spacial score (nSPS) is 23.3. The van der Waals surface area contributed by atoms with Crippen LogP contribution in [0.5, 0.6) is 5.75 Å². The number of nitrogens with one attached hydrogen (secondary N) is 1. The van der Waals surface area contributed by atoms with Gasteiger partial charge in [0.25, 0.3) is 0 Å². The van der Waals surface area contributed by atoms with E-state index in [9.17, 15) is 0 Å². The summed E-state index contributed by atoms with van der Waals surface area (Å²) in [5.41, 5.74) is 2.60. The van der Waals surface area contributed by atoms with Crippen LogP contribution in [-0.4, -0.2) is 18.7 Å². The van der Waals surface area contributed by atoms with Gasteiger partial charge in [0.15, 0.2) is 0 Å². The first-order valence-corrected chi connectivity index (χ1v) is 7.67. The minimum atomic E-state index is 0.378. The molecule has 1 saturated carbocycles. The highest BCUT2D eigenvalue weighted by molar-refractivity contribution is 5.38. The minimum absolute atomic E-state index is 0.378. The lowest BCUT2D eigenvalue weighted by Gasteiger charge is -2.30. The van der Waals surface area contributed by atoms with E-state index >= 15 is 0 Å². The molecule has 2 unspecified atom stereocenters. The molecule has 2 atom stereocenters. The summed E-state index contributed by atoms with van der Waals surface area (Å²) in [7, 11) is 0. The van der Waals surface area contributed by atoms with Crippen molar-refractivity contribution in [2.24, 2.45) is 0 Å². The van der Waals surface area contributed by atoms with Gasteiger partial charge in [-0.25, -0.2) is 0 Å². The topological polar surface area (TPSA) is 21.3 Å². The smallest absolute Gasteiger partial charge is 0.122 e. The maximum Gasteiger partial charge on any atom is 0.122 e. The summed E-state index contributed by atoms with van der Waals surface area (Å²) in [6, 6.07) is 6.98. The summed E-state index contributed by atoms with van der Waals surface area (Å²) in [6.45, 7) is 7.65. The molecule has 0 heterocycles. The molecule has 0 aliphatic heterocycles. The fourth-order valence-electron chi connectivity index (χ4n) is 2.82. The van der Waals surface area contributed by atoms with Crippen molar-refractivity contribution in [3.05, 3.63) is 29.3 Å². The Hall–Kier alpha value is -1.02. The van der Waals surface area contributed by atoms with Crippen molar-refractivity contribution in [2.45, 2.75) is 65.0 Å². The second-order valence-electron chi connectivity index (χ2n) is 5.76. The van der Waals surface area contributed by atoms with Crippen LogP contribution in [0, 0.1) is 13.8 Å². The molecule has 1 fully saturated rings. The Morgan fingerprint density at radius 3 is 2.89 bits per heavy atom.